The Bertz CT molecular complexity index is 383. The van der Waals surface area contributed by atoms with E-state index < -0.39 is 0 Å². The van der Waals surface area contributed by atoms with Crippen LogP contribution < -0.4 is 5.32 Å². The number of halogens is 2. The average molecular weight is 288 g/mol. The van der Waals surface area contributed by atoms with Crippen molar-refractivity contribution in [3.63, 3.8) is 0 Å². The molecule has 0 bridgehead atoms. The van der Waals surface area contributed by atoms with E-state index in [2.05, 4.69) is 33.2 Å². The Morgan fingerprint density at radius 3 is 2.93 bits per heavy atom. The molecule has 0 amide bonds. The van der Waals surface area contributed by atoms with Crippen molar-refractivity contribution in [1.82, 2.24) is 5.32 Å². The van der Waals surface area contributed by atoms with Gasteiger partial charge in [-0.05, 0) is 30.7 Å². The van der Waals surface area contributed by atoms with Gasteiger partial charge in [0, 0.05) is 22.1 Å². The van der Waals surface area contributed by atoms with Crippen molar-refractivity contribution < 1.29 is 0 Å². The molecule has 0 aromatic heterocycles. The number of hydrogen-bond donors (Lipinski definition) is 1. The van der Waals surface area contributed by atoms with Crippen molar-refractivity contribution in [2.24, 2.45) is 4.99 Å². The number of benzene rings is 1. The first-order valence-electron chi connectivity index (χ1n) is 4.91. The number of nitrogens with zero attached hydrogens (tertiary/aromatic N) is 1. The summed E-state index contributed by atoms with van der Waals surface area (Å²) in [4.78, 5) is 4.54. The molecule has 2 rings (SSSR count). The van der Waals surface area contributed by atoms with Crippen LogP contribution in [0.3, 0.4) is 0 Å². The Balaban J connectivity index is 2.40. The maximum Gasteiger partial charge on any atom is 0.0588 e. The largest absolute Gasteiger partial charge is 0.307 e. The summed E-state index contributed by atoms with van der Waals surface area (Å²) >= 11 is 9.45. The fraction of sp³-hybridized carbons (Fsp3) is 0.364. The summed E-state index contributed by atoms with van der Waals surface area (Å²) in [5.74, 6) is 0. The normalized spacial score (nSPS) is 21.3. The van der Waals surface area contributed by atoms with E-state index in [9.17, 15) is 0 Å². The van der Waals surface area contributed by atoms with Crippen LogP contribution in [-0.2, 0) is 0 Å². The molecular formula is C11H12BrClN2. The van der Waals surface area contributed by atoms with Gasteiger partial charge in [-0.15, -0.1) is 0 Å². The van der Waals surface area contributed by atoms with E-state index in [1.807, 2.05) is 18.2 Å². The Morgan fingerprint density at radius 1 is 1.47 bits per heavy atom. The SMILES string of the molecule is CC1NCCN=C1c1cc(Cl)cc(Br)c1. The minimum atomic E-state index is 0.295. The lowest BCUT2D eigenvalue weighted by molar-refractivity contribution is 0.633. The van der Waals surface area contributed by atoms with Gasteiger partial charge in [-0.25, -0.2) is 0 Å². The smallest absolute Gasteiger partial charge is 0.0588 e. The molecule has 1 aromatic carbocycles. The summed E-state index contributed by atoms with van der Waals surface area (Å²) < 4.78 is 0.991. The van der Waals surface area contributed by atoms with Crippen LogP contribution in [0.2, 0.25) is 5.02 Å². The van der Waals surface area contributed by atoms with Gasteiger partial charge in [-0.3, -0.25) is 4.99 Å². The number of rotatable bonds is 1. The van der Waals surface area contributed by atoms with Gasteiger partial charge in [-0.2, -0.15) is 0 Å². The first-order chi connectivity index (χ1) is 7.16. The van der Waals surface area contributed by atoms with Gasteiger partial charge in [0.05, 0.1) is 12.3 Å². The van der Waals surface area contributed by atoms with Crippen LogP contribution in [0.5, 0.6) is 0 Å². The zero-order valence-electron chi connectivity index (χ0n) is 8.43. The molecular weight excluding hydrogens is 275 g/mol. The molecule has 1 aromatic rings. The van der Waals surface area contributed by atoms with Gasteiger partial charge in [-0.1, -0.05) is 27.5 Å². The van der Waals surface area contributed by atoms with E-state index in [4.69, 9.17) is 11.6 Å². The van der Waals surface area contributed by atoms with Crippen LogP contribution in [0.15, 0.2) is 27.7 Å². The molecule has 4 heteroatoms. The maximum absolute atomic E-state index is 6.01. The van der Waals surface area contributed by atoms with Crippen LogP contribution in [0.1, 0.15) is 12.5 Å². The molecule has 15 heavy (non-hydrogen) atoms. The standard InChI is InChI=1S/C11H12BrClN2/c1-7-11(15-3-2-14-7)8-4-9(12)6-10(13)5-8/h4-7,14H,2-3H2,1H3. The van der Waals surface area contributed by atoms with E-state index >= 15 is 0 Å². The third-order valence-corrected chi connectivity index (χ3v) is 3.09. The number of nitrogens with one attached hydrogen (secondary N) is 1. The third-order valence-electron chi connectivity index (χ3n) is 2.41. The Labute approximate surface area is 103 Å². The molecule has 0 aliphatic carbocycles. The lowest BCUT2D eigenvalue weighted by Crippen LogP contribution is -2.40. The summed E-state index contributed by atoms with van der Waals surface area (Å²) in [5, 5.41) is 4.12. The summed E-state index contributed by atoms with van der Waals surface area (Å²) in [6.45, 7) is 3.91. The molecule has 1 atom stereocenters. The molecule has 1 aliphatic heterocycles. The van der Waals surface area contributed by atoms with Crippen molar-refractivity contribution >= 4 is 33.2 Å². The monoisotopic (exact) mass is 286 g/mol. The number of hydrogen-bond acceptors (Lipinski definition) is 2. The van der Waals surface area contributed by atoms with E-state index in [1.54, 1.807) is 0 Å². The highest BCUT2D eigenvalue weighted by Gasteiger charge is 2.16. The van der Waals surface area contributed by atoms with Crippen LogP contribution >= 0.6 is 27.5 Å². The molecule has 0 radical (unpaired) electrons. The number of aliphatic imine (C=N–C) groups is 1. The molecule has 0 saturated heterocycles. The highest BCUT2D eigenvalue weighted by Crippen LogP contribution is 2.21. The molecule has 1 unspecified atom stereocenters. The van der Waals surface area contributed by atoms with Crippen molar-refractivity contribution in [2.75, 3.05) is 13.1 Å². The molecule has 0 spiro atoms. The Hall–Kier alpha value is -0.380. The molecule has 0 saturated carbocycles. The first-order valence-corrected chi connectivity index (χ1v) is 6.08. The molecule has 2 nitrogen and oxygen atoms in total. The van der Waals surface area contributed by atoms with Crippen molar-refractivity contribution in [2.45, 2.75) is 13.0 Å². The average Bonchev–Trinajstić information content (AvgIpc) is 2.16. The Kier molecular flexibility index (Phi) is 3.44. The van der Waals surface area contributed by atoms with Crippen LogP contribution in [-0.4, -0.2) is 24.8 Å². The summed E-state index contributed by atoms with van der Waals surface area (Å²) in [5.41, 5.74) is 2.18. The fourth-order valence-corrected chi connectivity index (χ4v) is 2.59. The van der Waals surface area contributed by atoms with Gasteiger partial charge in [0.25, 0.3) is 0 Å². The predicted molar refractivity (Wildman–Crippen MR) is 68.0 cm³/mol. The summed E-state index contributed by atoms with van der Waals surface area (Å²) in [6.07, 6.45) is 0. The van der Waals surface area contributed by atoms with Gasteiger partial charge in [0.15, 0.2) is 0 Å². The van der Waals surface area contributed by atoms with Crippen LogP contribution in [0.25, 0.3) is 0 Å². The zero-order valence-corrected chi connectivity index (χ0v) is 10.8. The molecule has 1 heterocycles. The van der Waals surface area contributed by atoms with E-state index in [1.165, 1.54) is 0 Å². The van der Waals surface area contributed by atoms with E-state index in [0.717, 1.165) is 33.9 Å². The van der Waals surface area contributed by atoms with E-state index in [0.29, 0.717) is 6.04 Å². The lowest BCUT2D eigenvalue weighted by atomic mass is 10.0. The topological polar surface area (TPSA) is 24.4 Å². The van der Waals surface area contributed by atoms with Crippen LogP contribution in [0.4, 0.5) is 0 Å². The van der Waals surface area contributed by atoms with Crippen molar-refractivity contribution in [1.29, 1.82) is 0 Å². The zero-order chi connectivity index (χ0) is 10.8. The minimum absolute atomic E-state index is 0.295. The lowest BCUT2D eigenvalue weighted by Gasteiger charge is -2.21. The highest BCUT2D eigenvalue weighted by atomic mass is 79.9. The van der Waals surface area contributed by atoms with Crippen LogP contribution in [0, 0.1) is 0 Å². The predicted octanol–water partition coefficient (Wildman–Crippen LogP) is 2.88. The maximum atomic E-state index is 6.01. The molecule has 0 fully saturated rings. The molecule has 80 valence electrons. The summed E-state index contributed by atoms with van der Waals surface area (Å²) in [7, 11) is 0. The fourth-order valence-electron chi connectivity index (χ4n) is 1.73. The van der Waals surface area contributed by atoms with Gasteiger partial charge in [0.1, 0.15) is 0 Å². The third kappa shape index (κ3) is 2.60. The first kappa shape index (κ1) is 11.1. The highest BCUT2D eigenvalue weighted by molar-refractivity contribution is 9.10. The minimum Gasteiger partial charge on any atom is -0.307 e. The second-order valence-corrected chi connectivity index (χ2v) is 4.95. The second kappa shape index (κ2) is 4.64. The van der Waals surface area contributed by atoms with E-state index in [-0.39, 0.29) is 0 Å². The second-order valence-electron chi connectivity index (χ2n) is 3.60. The summed E-state index contributed by atoms with van der Waals surface area (Å²) in [6, 6.07) is 6.18. The molecule has 1 N–H and O–H groups in total. The molecule has 1 aliphatic rings. The quantitative estimate of drug-likeness (QED) is 0.844. The van der Waals surface area contributed by atoms with Gasteiger partial charge < -0.3 is 5.32 Å². The van der Waals surface area contributed by atoms with Gasteiger partial charge >= 0.3 is 0 Å². The van der Waals surface area contributed by atoms with Crippen molar-refractivity contribution in [3.05, 3.63) is 33.3 Å². The van der Waals surface area contributed by atoms with Gasteiger partial charge in [0.2, 0.25) is 0 Å². The van der Waals surface area contributed by atoms with Crippen molar-refractivity contribution in [3.8, 4) is 0 Å². The Morgan fingerprint density at radius 2 is 2.27 bits per heavy atom.